The third-order valence-corrected chi connectivity index (χ3v) is 5.29. The highest BCUT2D eigenvalue weighted by Gasteiger charge is 2.26. The van der Waals surface area contributed by atoms with Gasteiger partial charge in [0.25, 0.3) is 0 Å². The van der Waals surface area contributed by atoms with Crippen LogP contribution in [0.15, 0.2) is 90.1 Å². The SMILES string of the molecule is CC1=CC=C(C2=CCC(C)C=C2c2ccncc2)C(c2ccncc2)C1. The predicted octanol–water partition coefficient (Wildman–Crippen LogP) is 5.89. The molecule has 2 heterocycles. The van der Waals surface area contributed by atoms with E-state index in [-0.39, 0.29) is 0 Å². The van der Waals surface area contributed by atoms with E-state index >= 15 is 0 Å². The molecule has 0 amide bonds. The third kappa shape index (κ3) is 3.32. The van der Waals surface area contributed by atoms with Gasteiger partial charge in [-0.3, -0.25) is 9.97 Å². The fourth-order valence-electron chi connectivity index (χ4n) is 3.93. The standard InChI is InChI=1S/C24H24N2/c1-17-3-5-21(23(15-17)19-7-11-25-12-8-19)22-6-4-18(2)16-24(22)20-9-13-26-14-10-20/h3,5-14,16,18,23H,4,15H2,1-2H3. The summed E-state index contributed by atoms with van der Waals surface area (Å²) < 4.78 is 0. The van der Waals surface area contributed by atoms with Crippen molar-refractivity contribution >= 4 is 5.57 Å². The molecule has 2 nitrogen and oxygen atoms in total. The second kappa shape index (κ2) is 7.25. The maximum absolute atomic E-state index is 4.20. The van der Waals surface area contributed by atoms with E-state index in [0.29, 0.717) is 11.8 Å². The Bertz CT molecular complexity index is 902. The molecule has 0 aromatic carbocycles. The van der Waals surface area contributed by atoms with E-state index in [0.717, 1.165) is 12.8 Å². The Hall–Kier alpha value is -2.74. The molecule has 2 heteroatoms. The van der Waals surface area contributed by atoms with Crippen LogP contribution in [0.4, 0.5) is 0 Å². The molecule has 130 valence electrons. The monoisotopic (exact) mass is 340 g/mol. The maximum Gasteiger partial charge on any atom is 0.0273 e. The van der Waals surface area contributed by atoms with Crippen molar-refractivity contribution in [1.82, 2.24) is 9.97 Å². The maximum atomic E-state index is 4.20. The summed E-state index contributed by atoms with van der Waals surface area (Å²) in [7, 11) is 0. The number of nitrogens with zero attached hydrogens (tertiary/aromatic N) is 2. The van der Waals surface area contributed by atoms with E-state index in [1.54, 1.807) is 0 Å². The second-order valence-corrected chi connectivity index (χ2v) is 7.32. The highest BCUT2D eigenvalue weighted by atomic mass is 14.6. The van der Waals surface area contributed by atoms with Gasteiger partial charge in [-0.05, 0) is 77.8 Å². The molecule has 0 N–H and O–H groups in total. The first kappa shape index (κ1) is 16.7. The van der Waals surface area contributed by atoms with Crippen molar-refractivity contribution in [2.45, 2.75) is 32.6 Å². The number of pyridine rings is 2. The number of allylic oxidation sites excluding steroid dienone is 8. The van der Waals surface area contributed by atoms with Gasteiger partial charge in [-0.2, -0.15) is 0 Å². The number of hydrogen-bond acceptors (Lipinski definition) is 2. The molecule has 0 saturated heterocycles. The third-order valence-electron chi connectivity index (χ3n) is 5.29. The van der Waals surface area contributed by atoms with E-state index in [1.165, 1.54) is 33.4 Å². The molecule has 0 aliphatic heterocycles. The van der Waals surface area contributed by atoms with Gasteiger partial charge in [0, 0.05) is 30.7 Å². The van der Waals surface area contributed by atoms with E-state index in [4.69, 9.17) is 0 Å². The van der Waals surface area contributed by atoms with Crippen molar-refractivity contribution in [1.29, 1.82) is 0 Å². The van der Waals surface area contributed by atoms with Crippen LogP contribution in [0.5, 0.6) is 0 Å². The summed E-state index contributed by atoms with van der Waals surface area (Å²) in [5, 5.41) is 0. The van der Waals surface area contributed by atoms with Crippen LogP contribution < -0.4 is 0 Å². The van der Waals surface area contributed by atoms with Gasteiger partial charge in [0.05, 0.1) is 0 Å². The van der Waals surface area contributed by atoms with Crippen molar-refractivity contribution in [3.05, 3.63) is 101 Å². The van der Waals surface area contributed by atoms with E-state index in [9.17, 15) is 0 Å². The van der Waals surface area contributed by atoms with Crippen molar-refractivity contribution in [3.63, 3.8) is 0 Å². The van der Waals surface area contributed by atoms with Gasteiger partial charge in [0.15, 0.2) is 0 Å². The minimum absolute atomic E-state index is 0.382. The molecule has 2 atom stereocenters. The molecule has 2 aliphatic carbocycles. The van der Waals surface area contributed by atoms with Crippen LogP contribution in [0.1, 0.15) is 43.7 Å². The Morgan fingerprint density at radius 2 is 1.58 bits per heavy atom. The zero-order valence-corrected chi connectivity index (χ0v) is 15.4. The average molecular weight is 340 g/mol. The van der Waals surface area contributed by atoms with Gasteiger partial charge in [-0.25, -0.2) is 0 Å². The van der Waals surface area contributed by atoms with Crippen molar-refractivity contribution in [3.8, 4) is 0 Å². The second-order valence-electron chi connectivity index (χ2n) is 7.32. The summed E-state index contributed by atoms with van der Waals surface area (Å²) >= 11 is 0. The number of rotatable bonds is 3. The molecular formula is C24H24N2. The number of aromatic nitrogens is 2. The van der Waals surface area contributed by atoms with Crippen LogP contribution in [0.25, 0.3) is 5.57 Å². The zero-order valence-electron chi connectivity index (χ0n) is 15.4. The van der Waals surface area contributed by atoms with Gasteiger partial charge >= 0.3 is 0 Å². The van der Waals surface area contributed by atoms with Crippen molar-refractivity contribution in [2.24, 2.45) is 5.92 Å². The van der Waals surface area contributed by atoms with Gasteiger partial charge < -0.3 is 0 Å². The Balaban J connectivity index is 1.79. The molecule has 0 fully saturated rings. The van der Waals surface area contributed by atoms with Crippen molar-refractivity contribution in [2.75, 3.05) is 0 Å². The highest BCUT2D eigenvalue weighted by molar-refractivity contribution is 5.85. The molecule has 2 aromatic rings. The van der Waals surface area contributed by atoms with Gasteiger partial charge in [-0.1, -0.05) is 36.8 Å². The summed E-state index contributed by atoms with van der Waals surface area (Å²) in [6.45, 7) is 4.51. The van der Waals surface area contributed by atoms with Crippen LogP contribution in [0, 0.1) is 5.92 Å². The fraction of sp³-hybridized carbons (Fsp3) is 0.250. The topological polar surface area (TPSA) is 25.8 Å². The fourth-order valence-corrected chi connectivity index (χ4v) is 3.93. The first-order valence-corrected chi connectivity index (χ1v) is 9.33. The van der Waals surface area contributed by atoms with Crippen LogP contribution in [0.2, 0.25) is 0 Å². The average Bonchev–Trinajstić information content (AvgIpc) is 2.69. The number of hydrogen-bond donors (Lipinski definition) is 0. The lowest BCUT2D eigenvalue weighted by Gasteiger charge is -2.30. The van der Waals surface area contributed by atoms with Gasteiger partial charge in [0.2, 0.25) is 0 Å². The summed E-state index contributed by atoms with van der Waals surface area (Å²) in [5.41, 5.74) is 8.14. The lowest BCUT2D eigenvalue weighted by Crippen LogP contribution is -2.12. The van der Waals surface area contributed by atoms with E-state index < -0.39 is 0 Å². The Morgan fingerprint density at radius 1 is 0.885 bits per heavy atom. The molecule has 2 aromatic heterocycles. The highest BCUT2D eigenvalue weighted by Crippen LogP contribution is 2.44. The molecule has 0 spiro atoms. The van der Waals surface area contributed by atoms with Crippen LogP contribution >= 0.6 is 0 Å². The summed E-state index contributed by atoms with van der Waals surface area (Å²) in [6.07, 6.45) is 19.2. The summed E-state index contributed by atoms with van der Waals surface area (Å²) in [5.74, 6) is 0.940. The molecule has 26 heavy (non-hydrogen) atoms. The predicted molar refractivity (Wildman–Crippen MR) is 108 cm³/mol. The normalized spacial score (nSPS) is 22.8. The van der Waals surface area contributed by atoms with Gasteiger partial charge in [-0.15, -0.1) is 0 Å². The summed E-state index contributed by atoms with van der Waals surface area (Å²) in [6, 6.07) is 8.53. The smallest absolute Gasteiger partial charge is 0.0273 e. The largest absolute Gasteiger partial charge is 0.265 e. The lowest BCUT2D eigenvalue weighted by atomic mass is 9.74. The van der Waals surface area contributed by atoms with Crippen LogP contribution in [0.3, 0.4) is 0 Å². The quantitative estimate of drug-likeness (QED) is 0.696. The van der Waals surface area contributed by atoms with Crippen LogP contribution in [-0.2, 0) is 0 Å². The minimum atomic E-state index is 0.382. The molecule has 0 saturated carbocycles. The van der Waals surface area contributed by atoms with Crippen LogP contribution in [-0.4, -0.2) is 9.97 Å². The van der Waals surface area contributed by atoms with E-state index in [1.807, 2.05) is 24.8 Å². The zero-order chi connectivity index (χ0) is 17.9. The first-order chi connectivity index (χ1) is 12.7. The van der Waals surface area contributed by atoms with E-state index in [2.05, 4.69) is 72.4 Å². The molecule has 0 radical (unpaired) electrons. The van der Waals surface area contributed by atoms with Gasteiger partial charge in [0.1, 0.15) is 0 Å². The Kier molecular flexibility index (Phi) is 4.66. The molecule has 2 unspecified atom stereocenters. The Labute approximate surface area is 155 Å². The first-order valence-electron chi connectivity index (χ1n) is 9.33. The van der Waals surface area contributed by atoms with Crippen molar-refractivity contribution < 1.29 is 0 Å². The molecular weight excluding hydrogens is 316 g/mol. The summed E-state index contributed by atoms with van der Waals surface area (Å²) in [4.78, 5) is 8.39. The molecule has 4 rings (SSSR count). The lowest BCUT2D eigenvalue weighted by molar-refractivity contribution is 0.724. The minimum Gasteiger partial charge on any atom is -0.265 e. The molecule has 0 bridgehead atoms. The Morgan fingerprint density at radius 3 is 2.31 bits per heavy atom. The molecule has 2 aliphatic rings.